The Kier molecular flexibility index (Phi) is 4.21. The van der Waals surface area contributed by atoms with Crippen LogP contribution in [0.1, 0.15) is 37.7 Å². The van der Waals surface area contributed by atoms with Crippen LogP contribution in [-0.4, -0.2) is 39.5 Å². The highest BCUT2D eigenvalue weighted by atomic mass is 32.2. The Labute approximate surface area is 128 Å². The molecule has 0 aromatic carbocycles. The Morgan fingerprint density at radius 1 is 1.50 bits per heavy atom. The van der Waals surface area contributed by atoms with Crippen molar-refractivity contribution < 1.29 is 4.79 Å². The van der Waals surface area contributed by atoms with Crippen molar-refractivity contribution in [3.05, 3.63) is 16.6 Å². The first-order valence-corrected chi connectivity index (χ1v) is 9.18. The first-order valence-electron chi connectivity index (χ1n) is 7.25. The molecule has 110 valence electrons. The minimum atomic E-state index is 0.0803. The highest BCUT2D eigenvalue weighted by Gasteiger charge is 2.37. The number of nitrogens with zero attached hydrogens (tertiary/aromatic N) is 2. The van der Waals surface area contributed by atoms with Gasteiger partial charge in [0, 0.05) is 35.2 Å². The topological polar surface area (TPSA) is 45.2 Å². The molecule has 0 spiro atoms. The zero-order valence-electron chi connectivity index (χ0n) is 11.9. The van der Waals surface area contributed by atoms with E-state index in [9.17, 15) is 4.79 Å². The van der Waals surface area contributed by atoms with Crippen molar-refractivity contribution in [2.24, 2.45) is 5.92 Å². The molecule has 3 rings (SSSR count). The van der Waals surface area contributed by atoms with Crippen LogP contribution >= 0.6 is 23.1 Å². The van der Waals surface area contributed by atoms with Gasteiger partial charge in [-0.1, -0.05) is 6.92 Å². The fourth-order valence-corrected chi connectivity index (χ4v) is 4.51. The summed E-state index contributed by atoms with van der Waals surface area (Å²) in [5.41, 5.74) is 0. The van der Waals surface area contributed by atoms with Gasteiger partial charge in [-0.05, 0) is 25.7 Å². The van der Waals surface area contributed by atoms with E-state index >= 15 is 0 Å². The molecule has 1 aromatic heterocycles. The van der Waals surface area contributed by atoms with E-state index in [0.717, 1.165) is 17.3 Å². The molecule has 1 saturated heterocycles. The average molecular weight is 311 g/mol. The predicted octanol–water partition coefficient (Wildman–Crippen LogP) is 3.13. The second kappa shape index (κ2) is 5.93. The van der Waals surface area contributed by atoms with E-state index in [1.807, 2.05) is 28.2 Å². The maximum atomic E-state index is 12.6. The van der Waals surface area contributed by atoms with Crippen LogP contribution in [0.15, 0.2) is 11.6 Å². The number of aromatic nitrogens is 1. The van der Waals surface area contributed by atoms with Crippen molar-refractivity contribution in [3.63, 3.8) is 0 Å². The number of thioether (sulfide) groups is 1. The molecule has 3 atom stereocenters. The van der Waals surface area contributed by atoms with E-state index in [1.165, 1.54) is 12.8 Å². The summed E-state index contributed by atoms with van der Waals surface area (Å²) in [6, 6.07) is 0.487. The van der Waals surface area contributed by atoms with Crippen LogP contribution in [-0.2, 0) is 0 Å². The number of hydrogen-bond acceptors (Lipinski definition) is 4. The molecule has 1 N–H and O–H groups in total. The normalized spacial score (nSPS) is 28.2. The van der Waals surface area contributed by atoms with Crippen LogP contribution in [0.25, 0.3) is 0 Å². The van der Waals surface area contributed by atoms with Gasteiger partial charge >= 0.3 is 6.03 Å². The fraction of sp³-hybridized carbons (Fsp3) is 0.714. The largest absolute Gasteiger partial charge is 0.328 e. The molecule has 20 heavy (non-hydrogen) atoms. The van der Waals surface area contributed by atoms with E-state index in [4.69, 9.17) is 0 Å². The van der Waals surface area contributed by atoms with E-state index in [2.05, 4.69) is 24.1 Å². The summed E-state index contributed by atoms with van der Waals surface area (Å²) < 4.78 is 0. The highest BCUT2D eigenvalue weighted by Crippen LogP contribution is 2.41. The summed E-state index contributed by atoms with van der Waals surface area (Å²) >= 11 is 3.59. The monoisotopic (exact) mass is 311 g/mol. The highest BCUT2D eigenvalue weighted by molar-refractivity contribution is 8.00. The van der Waals surface area contributed by atoms with Crippen molar-refractivity contribution in [2.45, 2.75) is 44.0 Å². The molecule has 2 heterocycles. The van der Waals surface area contributed by atoms with E-state index in [-0.39, 0.29) is 12.1 Å². The Hall–Kier alpha value is -0.750. The second-order valence-corrected chi connectivity index (χ2v) is 8.06. The molecule has 1 saturated carbocycles. The molecule has 1 aliphatic carbocycles. The van der Waals surface area contributed by atoms with Gasteiger partial charge in [-0.25, -0.2) is 9.78 Å². The van der Waals surface area contributed by atoms with Gasteiger partial charge in [0.25, 0.3) is 0 Å². The number of rotatable bonds is 3. The zero-order valence-corrected chi connectivity index (χ0v) is 13.5. The molecule has 4 nitrogen and oxygen atoms in total. The third-order valence-electron chi connectivity index (χ3n) is 4.23. The zero-order chi connectivity index (χ0) is 14.1. The van der Waals surface area contributed by atoms with E-state index < -0.39 is 0 Å². The van der Waals surface area contributed by atoms with E-state index in [1.54, 1.807) is 11.3 Å². The van der Waals surface area contributed by atoms with Gasteiger partial charge in [0.05, 0.1) is 6.04 Å². The van der Waals surface area contributed by atoms with Crippen LogP contribution < -0.4 is 5.32 Å². The summed E-state index contributed by atoms with van der Waals surface area (Å²) in [5.74, 6) is 1.61. The van der Waals surface area contributed by atoms with Gasteiger partial charge in [0.1, 0.15) is 5.01 Å². The van der Waals surface area contributed by atoms with Crippen LogP contribution in [0.4, 0.5) is 4.79 Å². The van der Waals surface area contributed by atoms with Gasteiger partial charge in [-0.2, -0.15) is 11.8 Å². The molecular formula is C14H21N3OS2. The smallest absolute Gasteiger partial charge is 0.318 e. The number of urea groups is 1. The molecule has 1 aromatic rings. The summed E-state index contributed by atoms with van der Waals surface area (Å²) in [7, 11) is 0. The second-order valence-electron chi connectivity index (χ2n) is 5.64. The molecule has 1 aliphatic heterocycles. The molecule has 2 amide bonds. The predicted molar refractivity (Wildman–Crippen MR) is 84.2 cm³/mol. The molecule has 0 radical (unpaired) electrons. The van der Waals surface area contributed by atoms with Crippen molar-refractivity contribution in [1.29, 1.82) is 0 Å². The van der Waals surface area contributed by atoms with Crippen LogP contribution in [0.5, 0.6) is 0 Å². The Balaban J connectivity index is 1.67. The minimum absolute atomic E-state index is 0.0803. The molecule has 3 unspecified atom stereocenters. The first kappa shape index (κ1) is 14.2. The average Bonchev–Trinajstić information content (AvgIpc) is 3.13. The van der Waals surface area contributed by atoms with E-state index in [0.29, 0.717) is 17.2 Å². The third kappa shape index (κ3) is 2.96. The molecule has 2 aliphatic rings. The minimum Gasteiger partial charge on any atom is -0.328 e. The number of thiazole rings is 1. The summed E-state index contributed by atoms with van der Waals surface area (Å²) in [6.07, 6.45) is 4.22. The van der Waals surface area contributed by atoms with Crippen molar-refractivity contribution in [2.75, 3.05) is 12.3 Å². The van der Waals surface area contributed by atoms with Gasteiger partial charge < -0.3 is 10.2 Å². The van der Waals surface area contributed by atoms with Crippen molar-refractivity contribution >= 4 is 29.1 Å². The van der Waals surface area contributed by atoms with Crippen LogP contribution in [0, 0.1) is 5.92 Å². The quantitative estimate of drug-likeness (QED) is 0.933. The standard InChI is InChI=1S/C14H21N3OS2/c1-9-10(2)19-8-6-17(9)14(18)16-12(11-3-4-11)13-15-5-7-20-13/h5,7,9-12H,3-4,6,8H2,1-2H3,(H,16,18). The third-order valence-corrected chi connectivity index (χ3v) is 6.43. The van der Waals surface area contributed by atoms with Crippen molar-refractivity contribution in [3.8, 4) is 0 Å². The van der Waals surface area contributed by atoms with Crippen molar-refractivity contribution in [1.82, 2.24) is 15.2 Å². The van der Waals surface area contributed by atoms with Gasteiger partial charge in [-0.15, -0.1) is 11.3 Å². The lowest BCUT2D eigenvalue weighted by Gasteiger charge is -2.38. The Bertz CT molecular complexity index is 461. The lowest BCUT2D eigenvalue weighted by molar-refractivity contribution is 0.175. The maximum absolute atomic E-state index is 12.6. The molecule has 2 fully saturated rings. The summed E-state index contributed by atoms with van der Waals surface area (Å²) in [5, 5.41) is 6.77. The Morgan fingerprint density at radius 2 is 2.30 bits per heavy atom. The SMILES string of the molecule is CC1SCCN(C(=O)NC(c2nccs2)C2CC2)C1C. The lowest BCUT2D eigenvalue weighted by atomic mass is 10.2. The Morgan fingerprint density at radius 3 is 2.95 bits per heavy atom. The first-order chi connectivity index (χ1) is 9.66. The number of amides is 2. The number of nitrogens with one attached hydrogen (secondary N) is 1. The van der Waals surface area contributed by atoms with Crippen LogP contribution in [0.2, 0.25) is 0 Å². The lowest BCUT2D eigenvalue weighted by Crippen LogP contribution is -2.52. The maximum Gasteiger partial charge on any atom is 0.318 e. The van der Waals surface area contributed by atoms with Gasteiger partial charge in [-0.3, -0.25) is 0 Å². The molecule has 0 bridgehead atoms. The summed E-state index contributed by atoms with van der Waals surface area (Å²) in [4.78, 5) is 19.0. The summed E-state index contributed by atoms with van der Waals surface area (Å²) in [6.45, 7) is 5.19. The number of hydrogen-bond donors (Lipinski definition) is 1. The fourth-order valence-electron chi connectivity index (χ4n) is 2.63. The van der Waals surface area contributed by atoms with Crippen LogP contribution in [0.3, 0.4) is 0 Å². The van der Waals surface area contributed by atoms with Gasteiger partial charge in [0.15, 0.2) is 0 Å². The molecule has 6 heteroatoms. The number of carbonyl (C=O) groups excluding carboxylic acids is 1. The molecular weight excluding hydrogens is 290 g/mol. The number of carbonyl (C=O) groups is 1. The van der Waals surface area contributed by atoms with Gasteiger partial charge in [0.2, 0.25) is 0 Å².